The summed E-state index contributed by atoms with van der Waals surface area (Å²) in [7, 11) is 0. The van der Waals surface area contributed by atoms with Crippen LogP contribution in [0.15, 0.2) is 63.8 Å². The lowest BCUT2D eigenvalue weighted by Gasteiger charge is -1.98. The van der Waals surface area contributed by atoms with Gasteiger partial charge < -0.3 is 9.52 Å². The fourth-order valence-corrected chi connectivity index (χ4v) is 4.05. The maximum atomic E-state index is 12.0. The van der Waals surface area contributed by atoms with Crippen LogP contribution in [0.4, 0.5) is 0 Å². The Labute approximate surface area is 119 Å². The molecular weight excluding hydrogens is 355 g/mol. The highest BCUT2D eigenvalue weighted by Crippen LogP contribution is 2.21. The molecule has 1 aromatic heterocycles. The van der Waals surface area contributed by atoms with Crippen molar-refractivity contribution in [2.75, 3.05) is 0 Å². The molecule has 1 heterocycles. The number of hydrogen-bond donors (Lipinski definition) is 1. The largest absolute Gasteiger partial charge is 0.503 e. The first-order valence-corrected chi connectivity index (χ1v) is 7.86. The molecule has 94 valence electrons. The second-order valence-corrected chi connectivity index (χ2v) is 6.80. The lowest BCUT2D eigenvalue weighted by molar-refractivity contribution is -0.600. The summed E-state index contributed by atoms with van der Waals surface area (Å²) in [5, 5.41) is 10.8. The first-order chi connectivity index (χ1) is 9.25. The summed E-state index contributed by atoms with van der Waals surface area (Å²) in [6.45, 7) is 0. The van der Waals surface area contributed by atoms with E-state index in [1.165, 1.54) is 0 Å². The van der Waals surface area contributed by atoms with E-state index in [9.17, 15) is 9.90 Å². The van der Waals surface area contributed by atoms with Gasteiger partial charge in [0.15, 0.2) is 9.32 Å². The summed E-state index contributed by atoms with van der Waals surface area (Å²) >= 11 is -0.746. The highest BCUT2D eigenvalue weighted by molar-refractivity contribution is 5.82. The molecule has 1 N–H and O–H groups in total. The van der Waals surface area contributed by atoms with Gasteiger partial charge in [-0.05, 0) is 24.3 Å². The normalized spacial score (nSPS) is 10.7. The van der Waals surface area contributed by atoms with E-state index in [0.717, 1.165) is 3.57 Å². The molecule has 0 saturated heterocycles. The minimum absolute atomic E-state index is 0.0588. The zero-order chi connectivity index (χ0) is 13.2. The van der Waals surface area contributed by atoms with E-state index in [-0.39, 0.29) is 5.75 Å². The van der Waals surface area contributed by atoms with Crippen LogP contribution in [-0.4, -0.2) is 5.11 Å². The highest BCUT2D eigenvalue weighted by atomic mass is 127. The zero-order valence-corrected chi connectivity index (χ0v) is 12.0. The van der Waals surface area contributed by atoms with Gasteiger partial charge in [0.1, 0.15) is 5.58 Å². The number of para-hydroxylation sites is 1. The number of rotatable bonds is 2. The molecule has 2 aromatic carbocycles. The Bertz CT molecular complexity index is 778. The van der Waals surface area contributed by atoms with Crippen molar-refractivity contribution in [1.29, 1.82) is 0 Å². The molecule has 19 heavy (non-hydrogen) atoms. The van der Waals surface area contributed by atoms with Gasteiger partial charge in [-0.1, -0.05) is 30.3 Å². The van der Waals surface area contributed by atoms with E-state index in [2.05, 4.69) is 0 Å². The standard InChI is InChI=1S/C15H9IO3/c17-14-11-8-4-5-9-12(11)19-15(18)13(14)16-10-6-2-1-3-7-10/h1-9H/p+1. The van der Waals surface area contributed by atoms with Gasteiger partial charge in [-0.3, -0.25) is 0 Å². The molecule has 3 nitrogen and oxygen atoms in total. The number of benzene rings is 2. The van der Waals surface area contributed by atoms with Crippen molar-refractivity contribution in [1.82, 2.24) is 0 Å². The Balaban J connectivity index is 2.16. The molecular formula is C15H10IO3+. The molecule has 0 aliphatic heterocycles. The van der Waals surface area contributed by atoms with Gasteiger partial charge in [0.25, 0.3) is 0 Å². The topological polar surface area (TPSA) is 50.4 Å². The Morgan fingerprint density at radius 3 is 2.42 bits per heavy atom. The number of fused-ring (bicyclic) bond motifs is 1. The molecule has 0 bridgehead atoms. The van der Waals surface area contributed by atoms with Gasteiger partial charge in [0.05, 0.1) is 5.39 Å². The summed E-state index contributed by atoms with van der Waals surface area (Å²) in [6.07, 6.45) is 0. The van der Waals surface area contributed by atoms with Crippen molar-refractivity contribution < 1.29 is 30.7 Å². The van der Waals surface area contributed by atoms with Crippen LogP contribution in [0.1, 0.15) is 0 Å². The second-order valence-electron chi connectivity index (χ2n) is 3.94. The smallest absolute Gasteiger partial charge is 0.394 e. The average Bonchev–Trinajstić information content (AvgIpc) is 2.45. The molecule has 4 heteroatoms. The van der Waals surface area contributed by atoms with Crippen LogP contribution in [0, 0.1) is 7.14 Å². The van der Waals surface area contributed by atoms with Crippen LogP contribution < -0.4 is 26.8 Å². The van der Waals surface area contributed by atoms with Crippen molar-refractivity contribution in [3.05, 3.63) is 72.2 Å². The highest BCUT2D eigenvalue weighted by Gasteiger charge is 2.28. The Hall–Kier alpha value is -1.82. The van der Waals surface area contributed by atoms with Gasteiger partial charge in [0.2, 0.25) is 0 Å². The maximum absolute atomic E-state index is 12.0. The van der Waals surface area contributed by atoms with Gasteiger partial charge >= 0.3 is 30.4 Å². The Morgan fingerprint density at radius 2 is 1.63 bits per heavy atom. The van der Waals surface area contributed by atoms with Crippen LogP contribution >= 0.6 is 0 Å². The van der Waals surface area contributed by atoms with E-state index in [0.29, 0.717) is 14.5 Å². The Morgan fingerprint density at radius 1 is 0.947 bits per heavy atom. The molecule has 0 saturated carbocycles. The van der Waals surface area contributed by atoms with Crippen molar-refractivity contribution in [3.8, 4) is 5.75 Å². The monoisotopic (exact) mass is 365 g/mol. The first-order valence-electron chi connectivity index (χ1n) is 5.70. The molecule has 0 amide bonds. The van der Waals surface area contributed by atoms with Crippen LogP contribution in [-0.2, 0) is 0 Å². The summed E-state index contributed by atoms with van der Waals surface area (Å²) in [5.41, 5.74) is -0.0151. The minimum Gasteiger partial charge on any atom is -0.503 e. The van der Waals surface area contributed by atoms with E-state index in [1.54, 1.807) is 18.2 Å². The summed E-state index contributed by atoms with van der Waals surface area (Å²) in [4.78, 5) is 12.0. The predicted octanol–water partition coefficient (Wildman–Crippen LogP) is -0.373. The molecule has 0 atom stereocenters. The number of hydrogen-bond acceptors (Lipinski definition) is 3. The molecule has 0 spiro atoms. The van der Waals surface area contributed by atoms with Crippen molar-refractivity contribution in [2.45, 2.75) is 0 Å². The van der Waals surface area contributed by atoms with E-state index in [1.807, 2.05) is 36.4 Å². The minimum atomic E-state index is -0.746. The van der Waals surface area contributed by atoms with Gasteiger partial charge in [-0.2, -0.15) is 0 Å². The molecule has 0 fully saturated rings. The van der Waals surface area contributed by atoms with Crippen LogP contribution in [0.2, 0.25) is 0 Å². The quantitative estimate of drug-likeness (QED) is 0.498. The van der Waals surface area contributed by atoms with Crippen LogP contribution in [0.25, 0.3) is 11.0 Å². The SMILES string of the molecule is O=c1oc2ccccc2c(O)c1[I+]c1ccccc1. The van der Waals surface area contributed by atoms with Crippen molar-refractivity contribution in [2.24, 2.45) is 0 Å². The molecule has 0 unspecified atom stereocenters. The van der Waals surface area contributed by atoms with Gasteiger partial charge in [-0.15, -0.1) is 0 Å². The van der Waals surface area contributed by atoms with Gasteiger partial charge in [-0.25, -0.2) is 4.79 Å². The van der Waals surface area contributed by atoms with Crippen LogP contribution in [0.5, 0.6) is 5.75 Å². The average molecular weight is 365 g/mol. The molecule has 0 radical (unpaired) electrons. The molecule has 0 aliphatic carbocycles. The third kappa shape index (κ3) is 2.35. The van der Waals surface area contributed by atoms with E-state index in [4.69, 9.17) is 4.42 Å². The molecule has 3 aromatic rings. The third-order valence-electron chi connectivity index (χ3n) is 2.67. The van der Waals surface area contributed by atoms with Crippen molar-refractivity contribution in [3.63, 3.8) is 0 Å². The number of aromatic hydroxyl groups is 1. The van der Waals surface area contributed by atoms with E-state index < -0.39 is 26.8 Å². The lowest BCUT2D eigenvalue weighted by atomic mass is 10.2. The van der Waals surface area contributed by atoms with Crippen LogP contribution in [0.3, 0.4) is 0 Å². The fourth-order valence-electron chi connectivity index (χ4n) is 1.78. The number of halogens is 1. The lowest BCUT2D eigenvalue weighted by Crippen LogP contribution is -3.62. The first kappa shape index (κ1) is 12.2. The molecule has 0 aliphatic rings. The van der Waals surface area contributed by atoms with E-state index >= 15 is 0 Å². The maximum Gasteiger partial charge on any atom is 0.394 e. The predicted molar refractivity (Wildman–Crippen MR) is 68.0 cm³/mol. The van der Waals surface area contributed by atoms with Gasteiger partial charge in [0, 0.05) is 0 Å². The van der Waals surface area contributed by atoms with Crippen molar-refractivity contribution >= 4 is 11.0 Å². The second kappa shape index (κ2) is 5.05. The molecule has 3 rings (SSSR count). The fraction of sp³-hybridized carbons (Fsp3) is 0. The third-order valence-corrected chi connectivity index (χ3v) is 5.50. The summed E-state index contributed by atoms with van der Waals surface area (Å²) in [6, 6.07) is 16.7. The zero-order valence-electron chi connectivity index (χ0n) is 9.84. The Kier molecular flexibility index (Phi) is 3.25. The summed E-state index contributed by atoms with van der Waals surface area (Å²) in [5.74, 6) is 0.0588. The summed E-state index contributed by atoms with van der Waals surface area (Å²) < 4.78 is 6.73.